The van der Waals surface area contributed by atoms with Gasteiger partial charge in [0.15, 0.2) is 11.5 Å². The minimum atomic E-state index is -4.24. The van der Waals surface area contributed by atoms with Crippen LogP contribution in [0.3, 0.4) is 0 Å². The Bertz CT molecular complexity index is 1590. The molecule has 1 fully saturated rings. The summed E-state index contributed by atoms with van der Waals surface area (Å²) in [4.78, 5) is 42.6. The number of sulfonamides is 1. The molecule has 1 aromatic heterocycles. The van der Waals surface area contributed by atoms with Crippen molar-refractivity contribution >= 4 is 39.1 Å². The molecule has 4 heterocycles. The molecule has 3 aliphatic rings. The van der Waals surface area contributed by atoms with Gasteiger partial charge in [-0.05, 0) is 54.1 Å². The van der Waals surface area contributed by atoms with Crippen molar-refractivity contribution in [1.82, 2.24) is 14.5 Å². The van der Waals surface area contributed by atoms with Crippen LogP contribution < -0.4 is 14.8 Å². The third kappa shape index (κ3) is 5.27. The van der Waals surface area contributed by atoms with Crippen LogP contribution in [0.1, 0.15) is 39.7 Å². The molecular weight excluding hydrogens is 570 g/mol. The average Bonchev–Trinajstić information content (AvgIpc) is 3.78. The summed E-state index contributed by atoms with van der Waals surface area (Å²) in [5, 5.41) is 4.71. The fourth-order valence-electron chi connectivity index (χ4n) is 5.15. The predicted molar refractivity (Wildman–Crippen MR) is 147 cm³/mol. The molecule has 3 aliphatic heterocycles. The third-order valence-corrected chi connectivity index (χ3v) is 9.91. The smallest absolute Gasteiger partial charge is 0.269 e. The largest absolute Gasteiger partial charge is 0.454 e. The zero-order chi connectivity index (χ0) is 28.6. The van der Waals surface area contributed by atoms with Crippen molar-refractivity contribution in [3.63, 3.8) is 0 Å². The molecule has 6 rings (SSSR count). The van der Waals surface area contributed by atoms with Crippen molar-refractivity contribution in [3.8, 4) is 11.5 Å². The van der Waals surface area contributed by atoms with Crippen LogP contribution in [0.15, 0.2) is 64.9 Å². The molecule has 2 aromatic carbocycles. The van der Waals surface area contributed by atoms with E-state index in [0.717, 1.165) is 12.8 Å². The number of ether oxygens (including phenoxy) is 3. The maximum Gasteiger partial charge on any atom is 0.269 e. The van der Waals surface area contributed by atoms with Crippen molar-refractivity contribution in [2.45, 2.75) is 36.4 Å². The summed E-state index contributed by atoms with van der Waals surface area (Å²) in [5.74, 6) is -0.873. The maximum absolute atomic E-state index is 14.0. The molecule has 0 spiro atoms. The van der Waals surface area contributed by atoms with Gasteiger partial charge in [-0.15, -0.1) is 11.3 Å². The van der Waals surface area contributed by atoms with E-state index in [1.54, 1.807) is 41.8 Å². The highest BCUT2D eigenvalue weighted by Crippen LogP contribution is 2.35. The summed E-state index contributed by atoms with van der Waals surface area (Å²) in [6, 6.07) is 13.4. The normalized spacial score (nSPS) is 19.2. The van der Waals surface area contributed by atoms with Crippen LogP contribution in [0.4, 0.5) is 0 Å². The molecule has 2 atom stereocenters. The van der Waals surface area contributed by atoms with Gasteiger partial charge < -0.3 is 24.4 Å². The molecule has 2 unspecified atom stereocenters. The van der Waals surface area contributed by atoms with E-state index in [1.165, 1.54) is 34.4 Å². The zero-order valence-corrected chi connectivity index (χ0v) is 23.5. The minimum Gasteiger partial charge on any atom is -0.454 e. The van der Waals surface area contributed by atoms with Crippen molar-refractivity contribution in [1.29, 1.82) is 0 Å². The SMILES string of the molecule is O=C(NCC1CCCO1)C(c1cccs1)N(Cc1ccc2c(c1)OCO2)C(=O)CN1C(=O)c2ccccc2S1(=O)=O. The first-order valence-electron chi connectivity index (χ1n) is 13.1. The first-order chi connectivity index (χ1) is 19.8. The van der Waals surface area contributed by atoms with Gasteiger partial charge in [0.1, 0.15) is 17.5 Å². The Labute approximate surface area is 240 Å². The number of thiophene rings is 1. The van der Waals surface area contributed by atoms with Crippen molar-refractivity contribution in [2.75, 3.05) is 26.5 Å². The number of amides is 3. The summed E-state index contributed by atoms with van der Waals surface area (Å²) in [7, 11) is -4.24. The number of carbonyl (C=O) groups excluding carboxylic acids is 3. The predicted octanol–water partition coefficient (Wildman–Crippen LogP) is 2.69. The monoisotopic (exact) mass is 597 g/mol. The maximum atomic E-state index is 14.0. The number of benzene rings is 2. The lowest BCUT2D eigenvalue weighted by molar-refractivity contribution is -0.141. The van der Waals surface area contributed by atoms with E-state index >= 15 is 0 Å². The van der Waals surface area contributed by atoms with Gasteiger partial charge in [0.05, 0.1) is 11.7 Å². The number of fused-ring (bicyclic) bond motifs is 2. The summed E-state index contributed by atoms with van der Waals surface area (Å²) in [5.41, 5.74) is 0.640. The van der Waals surface area contributed by atoms with Crippen LogP contribution in [0.2, 0.25) is 0 Å². The number of rotatable bonds is 9. The second kappa shape index (κ2) is 11.1. The van der Waals surface area contributed by atoms with Gasteiger partial charge in [-0.25, -0.2) is 12.7 Å². The highest BCUT2D eigenvalue weighted by Gasteiger charge is 2.44. The molecule has 0 bridgehead atoms. The van der Waals surface area contributed by atoms with Gasteiger partial charge in [0.2, 0.25) is 18.6 Å². The molecule has 214 valence electrons. The molecular formula is C28H27N3O8S2. The molecule has 3 amide bonds. The quantitative estimate of drug-likeness (QED) is 0.398. The number of hydrogen-bond donors (Lipinski definition) is 1. The summed E-state index contributed by atoms with van der Waals surface area (Å²) in [6.07, 6.45) is 1.61. The average molecular weight is 598 g/mol. The first kappa shape index (κ1) is 27.2. The van der Waals surface area contributed by atoms with Gasteiger partial charge in [-0.1, -0.05) is 24.3 Å². The van der Waals surface area contributed by atoms with Crippen molar-refractivity contribution in [2.24, 2.45) is 0 Å². The second-order valence-electron chi connectivity index (χ2n) is 9.82. The molecule has 0 radical (unpaired) electrons. The lowest BCUT2D eigenvalue weighted by atomic mass is 10.1. The highest BCUT2D eigenvalue weighted by atomic mass is 32.2. The zero-order valence-electron chi connectivity index (χ0n) is 21.9. The lowest BCUT2D eigenvalue weighted by Crippen LogP contribution is -2.48. The lowest BCUT2D eigenvalue weighted by Gasteiger charge is -2.32. The summed E-state index contributed by atoms with van der Waals surface area (Å²) >= 11 is 1.30. The van der Waals surface area contributed by atoms with E-state index in [9.17, 15) is 22.8 Å². The number of nitrogens with zero attached hydrogens (tertiary/aromatic N) is 2. The third-order valence-electron chi connectivity index (χ3n) is 7.20. The Kier molecular flexibility index (Phi) is 7.41. The van der Waals surface area contributed by atoms with Crippen molar-refractivity contribution < 1.29 is 37.0 Å². The first-order valence-corrected chi connectivity index (χ1v) is 15.4. The molecule has 41 heavy (non-hydrogen) atoms. The van der Waals surface area contributed by atoms with Gasteiger partial charge in [-0.2, -0.15) is 0 Å². The number of nitrogens with one attached hydrogen (secondary N) is 1. The highest BCUT2D eigenvalue weighted by molar-refractivity contribution is 7.90. The van der Waals surface area contributed by atoms with E-state index in [0.29, 0.717) is 32.9 Å². The Morgan fingerprint density at radius 3 is 2.68 bits per heavy atom. The second-order valence-corrected chi connectivity index (χ2v) is 12.6. The van der Waals surface area contributed by atoms with Gasteiger partial charge in [0, 0.05) is 24.6 Å². The van der Waals surface area contributed by atoms with Crippen LogP contribution in [0, 0.1) is 0 Å². The van der Waals surface area contributed by atoms with Gasteiger partial charge in [-0.3, -0.25) is 14.4 Å². The van der Waals surface area contributed by atoms with E-state index < -0.39 is 40.3 Å². The van der Waals surface area contributed by atoms with Crippen LogP contribution in [-0.2, 0) is 30.9 Å². The minimum absolute atomic E-state index is 0.00624. The Hall–Kier alpha value is -3.94. The molecule has 0 saturated carbocycles. The molecule has 1 saturated heterocycles. The standard InChI is InChI=1S/C28H27N3O8S2/c32-25(16-31-28(34)20-6-1-2-8-24(20)41(31,35)36)30(15-18-9-10-21-22(13-18)39-17-38-21)26(23-7-4-12-40-23)27(33)29-14-19-5-3-11-37-19/h1-2,4,6-10,12-13,19,26H,3,5,11,14-17H2,(H,29,33). The summed E-state index contributed by atoms with van der Waals surface area (Å²) < 4.78 is 43.6. The Balaban J connectivity index is 1.33. The van der Waals surface area contributed by atoms with Crippen LogP contribution in [0.25, 0.3) is 0 Å². The Morgan fingerprint density at radius 2 is 1.93 bits per heavy atom. The fourth-order valence-corrected chi connectivity index (χ4v) is 7.50. The molecule has 13 heteroatoms. The fraction of sp³-hybridized carbons (Fsp3) is 0.321. The topological polar surface area (TPSA) is 132 Å². The van der Waals surface area contributed by atoms with E-state index in [-0.39, 0.29) is 36.4 Å². The van der Waals surface area contributed by atoms with Crippen LogP contribution >= 0.6 is 11.3 Å². The molecule has 1 N–H and O–H groups in total. The summed E-state index contributed by atoms with van der Waals surface area (Å²) in [6.45, 7) is 0.160. The van der Waals surface area contributed by atoms with Gasteiger partial charge >= 0.3 is 0 Å². The molecule has 3 aromatic rings. The van der Waals surface area contributed by atoms with E-state index in [1.807, 2.05) is 0 Å². The van der Waals surface area contributed by atoms with Crippen LogP contribution in [-0.4, -0.2) is 67.9 Å². The van der Waals surface area contributed by atoms with Crippen molar-refractivity contribution in [3.05, 3.63) is 76.0 Å². The number of hydrogen-bond acceptors (Lipinski definition) is 9. The van der Waals surface area contributed by atoms with Crippen LogP contribution in [0.5, 0.6) is 11.5 Å². The van der Waals surface area contributed by atoms with E-state index in [2.05, 4.69) is 5.32 Å². The van der Waals surface area contributed by atoms with E-state index in [4.69, 9.17) is 14.2 Å². The molecule has 0 aliphatic carbocycles. The number of carbonyl (C=O) groups is 3. The van der Waals surface area contributed by atoms with Gasteiger partial charge in [0.25, 0.3) is 15.9 Å². The Morgan fingerprint density at radius 1 is 1.10 bits per heavy atom. The molecule has 11 nitrogen and oxygen atoms in total.